The molecule has 0 bridgehead atoms. The number of anilines is 1. The lowest BCUT2D eigenvalue weighted by atomic mass is 10.1. The lowest BCUT2D eigenvalue weighted by molar-refractivity contribution is -0.119. The van der Waals surface area contributed by atoms with Crippen LogP contribution in [0.4, 0.5) is 5.69 Å². The van der Waals surface area contributed by atoms with Crippen molar-refractivity contribution in [3.63, 3.8) is 0 Å². The van der Waals surface area contributed by atoms with Gasteiger partial charge in [0, 0.05) is 5.56 Å². The van der Waals surface area contributed by atoms with Crippen LogP contribution >= 0.6 is 11.6 Å². The van der Waals surface area contributed by atoms with Crippen molar-refractivity contribution in [2.45, 2.75) is 19.9 Å². The number of hydrogen-bond donors (Lipinski definition) is 1. The number of nitrogens with zero attached hydrogens (tertiary/aromatic N) is 3. The maximum Gasteiger partial charge on any atom is 0.365 e. The van der Waals surface area contributed by atoms with Crippen molar-refractivity contribution in [1.29, 1.82) is 0 Å². The number of carbonyl (C=O) groups excluding carboxylic acids is 1. The number of aryl methyl sites for hydroxylation is 1. The minimum Gasteiger partial charge on any atom is -0.323 e. The van der Waals surface area contributed by atoms with Crippen molar-refractivity contribution < 1.29 is 4.79 Å². The molecule has 0 spiro atoms. The Kier molecular flexibility index (Phi) is 5.14. The highest BCUT2D eigenvalue weighted by atomic mass is 35.5. The van der Waals surface area contributed by atoms with Crippen LogP contribution < -0.4 is 11.0 Å². The number of halogens is 1. The van der Waals surface area contributed by atoms with Gasteiger partial charge in [-0.25, -0.2) is 9.48 Å². The van der Waals surface area contributed by atoms with Gasteiger partial charge in [-0.3, -0.25) is 4.79 Å². The first-order valence-electron chi connectivity index (χ1n) is 8.04. The van der Waals surface area contributed by atoms with E-state index in [9.17, 15) is 9.59 Å². The van der Waals surface area contributed by atoms with Crippen LogP contribution in [0.5, 0.6) is 0 Å². The normalized spacial score (nSPS) is 11.8. The Labute approximate surface area is 155 Å². The molecule has 1 amide bonds. The Morgan fingerprint density at radius 2 is 1.85 bits per heavy atom. The van der Waals surface area contributed by atoms with E-state index >= 15 is 0 Å². The van der Waals surface area contributed by atoms with Crippen molar-refractivity contribution in [3.8, 4) is 11.3 Å². The Bertz CT molecular complexity index is 999. The molecular weight excluding hydrogens is 352 g/mol. The number of hydrogen-bond acceptors (Lipinski definition) is 4. The van der Waals surface area contributed by atoms with Crippen LogP contribution in [0, 0.1) is 6.92 Å². The first-order valence-corrected chi connectivity index (χ1v) is 8.42. The fraction of sp³-hybridized carbons (Fsp3) is 0.158. The third-order valence-corrected chi connectivity index (χ3v) is 4.27. The number of carbonyl (C=O) groups is 1. The van der Waals surface area contributed by atoms with Gasteiger partial charge in [-0.2, -0.15) is 10.1 Å². The van der Waals surface area contributed by atoms with Crippen LogP contribution in [-0.2, 0) is 4.79 Å². The van der Waals surface area contributed by atoms with Crippen LogP contribution in [0.1, 0.15) is 18.5 Å². The molecule has 1 aromatic heterocycles. The molecule has 0 saturated carbocycles. The minimum atomic E-state index is -0.835. The number of rotatable bonds is 4. The molecule has 6 nitrogen and oxygen atoms in total. The molecule has 3 rings (SSSR count). The molecule has 3 aromatic rings. The van der Waals surface area contributed by atoms with Crippen LogP contribution in [0.25, 0.3) is 11.3 Å². The molecule has 26 heavy (non-hydrogen) atoms. The molecule has 0 aliphatic heterocycles. The van der Waals surface area contributed by atoms with E-state index in [0.717, 1.165) is 15.8 Å². The molecule has 0 saturated heterocycles. The van der Waals surface area contributed by atoms with Gasteiger partial charge in [0.15, 0.2) is 0 Å². The SMILES string of the molecule is Cc1ccc(-c2cnn([C@@H](C)C(=O)Nc3ccccc3Cl)c(=O)n2)cc1. The molecule has 0 aliphatic carbocycles. The number of aromatic nitrogens is 3. The van der Waals surface area contributed by atoms with Gasteiger partial charge in [0.1, 0.15) is 6.04 Å². The van der Waals surface area contributed by atoms with Gasteiger partial charge in [0.25, 0.3) is 0 Å². The second-order valence-corrected chi connectivity index (χ2v) is 6.29. The second kappa shape index (κ2) is 7.49. The largest absolute Gasteiger partial charge is 0.365 e. The summed E-state index contributed by atoms with van der Waals surface area (Å²) in [6.45, 7) is 3.56. The summed E-state index contributed by atoms with van der Waals surface area (Å²) in [5.74, 6) is -0.405. The molecule has 0 aliphatic rings. The zero-order chi connectivity index (χ0) is 18.7. The van der Waals surface area contributed by atoms with Crippen LogP contribution in [-0.4, -0.2) is 20.7 Å². The second-order valence-electron chi connectivity index (χ2n) is 5.88. The Balaban J connectivity index is 1.82. The maximum absolute atomic E-state index is 12.4. The van der Waals surface area contributed by atoms with Gasteiger partial charge in [0.2, 0.25) is 5.91 Å². The number of nitrogens with one attached hydrogen (secondary N) is 1. The lowest BCUT2D eigenvalue weighted by Gasteiger charge is -2.14. The van der Waals surface area contributed by atoms with E-state index in [2.05, 4.69) is 15.4 Å². The Morgan fingerprint density at radius 1 is 1.15 bits per heavy atom. The third kappa shape index (κ3) is 3.81. The summed E-state index contributed by atoms with van der Waals surface area (Å²) < 4.78 is 1.05. The average Bonchev–Trinajstić information content (AvgIpc) is 2.63. The monoisotopic (exact) mass is 368 g/mol. The summed E-state index contributed by atoms with van der Waals surface area (Å²) in [7, 11) is 0. The van der Waals surface area contributed by atoms with Gasteiger partial charge in [-0.1, -0.05) is 53.6 Å². The van der Waals surface area contributed by atoms with E-state index in [1.165, 1.54) is 6.20 Å². The number of para-hydroxylation sites is 1. The molecule has 0 fully saturated rings. The molecule has 1 heterocycles. The van der Waals surface area contributed by atoms with Gasteiger partial charge >= 0.3 is 5.69 Å². The fourth-order valence-corrected chi connectivity index (χ4v) is 2.57. The van der Waals surface area contributed by atoms with Crippen molar-refractivity contribution in [2.24, 2.45) is 0 Å². The summed E-state index contributed by atoms with van der Waals surface area (Å²) >= 11 is 6.04. The smallest absolute Gasteiger partial charge is 0.323 e. The van der Waals surface area contributed by atoms with E-state index in [4.69, 9.17) is 11.6 Å². The zero-order valence-corrected chi connectivity index (χ0v) is 15.1. The average molecular weight is 369 g/mol. The predicted molar refractivity (Wildman–Crippen MR) is 101 cm³/mol. The van der Waals surface area contributed by atoms with E-state index in [-0.39, 0.29) is 0 Å². The summed E-state index contributed by atoms with van der Waals surface area (Å²) in [4.78, 5) is 28.8. The molecule has 0 radical (unpaired) electrons. The zero-order valence-electron chi connectivity index (χ0n) is 14.3. The highest BCUT2D eigenvalue weighted by Crippen LogP contribution is 2.21. The Morgan fingerprint density at radius 3 is 2.50 bits per heavy atom. The van der Waals surface area contributed by atoms with Gasteiger partial charge in [0.05, 0.1) is 22.6 Å². The first kappa shape index (κ1) is 17.8. The fourth-order valence-electron chi connectivity index (χ4n) is 2.39. The maximum atomic E-state index is 12.4. The molecule has 1 atom stereocenters. The highest BCUT2D eigenvalue weighted by Gasteiger charge is 2.19. The van der Waals surface area contributed by atoms with Gasteiger partial charge in [-0.15, -0.1) is 0 Å². The minimum absolute atomic E-state index is 0.405. The third-order valence-electron chi connectivity index (χ3n) is 3.94. The molecule has 1 N–H and O–H groups in total. The van der Waals surface area contributed by atoms with Gasteiger partial charge in [-0.05, 0) is 26.0 Å². The number of benzene rings is 2. The summed E-state index contributed by atoms with van der Waals surface area (Å²) in [6, 6.07) is 13.7. The lowest BCUT2D eigenvalue weighted by Crippen LogP contribution is -2.34. The van der Waals surface area contributed by atoms with E-state index in [0.29, 0.717) is 16.4 Å². The molecule has 132 valence electrons. The van der Waals surface area contributed by atoms with E-state index in [1.807, 2.05) is 31.2 Å². The summed E-state index contributed by atoms with van der Waals surface area (Å²) in [5, 5.41) is 7.22. The summed E-state index contributed by atoms with van der Waals surface area (Å²) in [6.07, 6.45) is 1.48. The van der Waals surface area contributed by atoms with Crippen molar-refractivity contribution in [1.82, 2.24) is 14.8 Å². The van der Waals surface area contributed by atoms with Gasteiger partial charge < -0.3 is 5.32 Å². The highest BCUT2D eigenvalue weighted by molar-refractivity contribution is 6.33. The Hall–Kier alpha value is -2.99. The van der Waals surface area contributed by atoms with Crippen LogP contribution in [0.2, 0.25) is 5.02 Å². The molecule has 7 heteroatoms. The standard InChI is InChI=1S/C19H17ClN4O2/c1-12-7-9-14(10-8-12)17-11-21-24(19(26)23-17)13(2)18(25)22-16-6-4-3-5-15(16)20/h3-11,13H,1-2H3,(H,22,25)/t13-/m0/s1. The van der Waals surface area contributed by atoms with Crippen LogP contribution in [0.15, 0.2) is 59.5 Å². The molecule has 2 aromatic carbocycles. The van der Waals surface area contributed by atoms with Crippen molar-refractivity contribution >= 4 is 23.2 Å². The predicted octanol–water partition coefficient (Wildman–Crippen LogP) is 3.47. The number of amides is 1. The first-order chi connectivity index (χ1) is 12.5. The van der Waals surface area contributed by atoms with E-state index in [1.54, 1.807) is 31.2 Å². The molecule has 0 unspecified atom stereocenters. The quantitative estimate of drug-likeness (QED) is 0.765. The summed E-state index contributed by atoms with van der Waals surface area (Å²) in [5.41, 5.74) is 2.25. The van der Waals surface area contributed by atoms with E-state index < -0.39 is 17.6 Å². The van der Waals surface area contributed by atoms with Crippen molar-refractivity contribution in [3.05, 3.63) is 75.8 Å². The van der Waals surface area contributed by atoms with Crippen LogP contribution in [0.3, 0.4) is 0 Å². The topological polar surface area (TPSA) is 76.9 Å². The molecular formula is C19H17ClN4O2. The van der Waals surface area contributed by atoms with Crippen molar-refractivity contribution in [2.75, 3.05) is 5.32 Å².